The molecule has 0 aliphatic carbocycles. The molecule has 0 saturated carbocycles. The average Bonchev–Trinajstić information content (AvgIpc) is 3.08. The van der Waals surface area contributed by atoms with Crippen molar-refractivity contribution in [2.75, 3.05) is 14.2 Å². The molecule has 0 unspecified atom stereocenters. The fraction of sp³-hybridized carbons (Fsp3) is 0.273. The molecule has 2 heterocycles. The van der Waals surface area contributed by atoms with Gasteiger partial charge in [0.05, 0.1) is 20.3 Å². The lowest BCUT2D eigenvalue weighted by molar-refractivity contribution is -0.129. The molecule has 3 aromatic rings. The van der Waals surface area contributed by atoms with Crippen molar-refractivity contribution in [3.8, 4) is 17.2 Å². The molecule has 1 saturated heterocycles. The average molecular weight is 377 g/mol. The van der Waals surface area contributed by atoms with E-state index in [1.807, 2.05) is 18.2 Å². The van der Waals surface area contributed by atoms with E-state index in [1.54, 1.807) is 31.3 Å². The summed E-state index contributed by atoms with van der Waals surface area (Å²) in [4.78, 5) is 27.4. The summed E-state index contributed by atoms with van der Waals surface area (Å²) < 4.78 is 10.9. The number of phenols is 1. The van der Waals surface area contributed by atoms with Crippen LogP contribution < -0.4 is 9.47 Å². The van der Waals surface area contributed by atoms with Crippen LogP contribution in [0.3, 0.4) is 0 Å². The lowest BCUT2D eigenvalue weighted by Gasteiger charge is -2.32. The van der Waals surface area contributed by atoms with E-state index in [4.69, 9.17) is 9.47 Å². The zero-order chi connectivity index (χ0) is 19.6. The number of carbonyl (C=O) groups is 2. The molecule has 1 N–H and O–H groups in total. The van der Waals surface area contributed by atoms with Crippen molar-refractivity contribution in [1.29, 1.82) is 0 Å². The first-order valence-corrected chi connectivity index (χ1v) is 9.20. The van der Waals surface area contributed by atoms with Gasteiger partial charge in [0.15, 0.2) is 17.3 Å². The molecule has 6 nitrogen and oxygen atoms in total. The Hall–Kier alpha value is -3.28. The number of phenolic OH excluding ortho intramolecular Hbond substituents is 1. The molecule has 6 heteroatoms. The molecule has 0 radical (unpaired) electrons. The molecule has 0 bridgehead atoms. The minimum Gasteiger partial charge on any atom is -0.508 e. The van der Waals surface area contributed by atoms with Crippen molar-refractivity contribution in [1.82, 2.24) is 4.90 Å². The predicted octanol–water partition coefficient (Wildman–Crippen LogP) is 3.40. The van der Waals surface area contributed by atoms with E-state index in [0.717, 1.165) is 27.1 Å². The quantitative estimate of drug-likeness (QED) is 0.693. The summed E-state index contributed by atoms with van der Waals surface area (Å²) in [6.07, 6.45) is 0.956. The first kappa shape index (κ1) is 16.9. The van der Waals surface area contributed by atoms with Crippen molar-refractivity contribution in [2.24, 2.45) is 0 Å². The summed E-state index contributed by atoms with van der Waals surface area (Å²) in [5, 5.41) is 13.3. The number of amides is 1. The fourth-order valence-corrected chi connectivity index (χ4v) is 4.61. The molecule has 5 rings (SSSR count). The Labute approximate surface area is 161 Å². The number of ketones is 1. The van der Waals surface area contributed by atoms with Crippen molar-refractivity contribution in [2.45, 2.75) is 25.4 Å². The number of aromatic hydroxyl groups is 1. The summed E-state index contributed by atoms with van der Waals surface area (Å²) in [7, 11) is 3.12. The minimum atomic E-state index is -0.397. The SMILES string of the molecule is COc1cc2c3c(c4ccc(O)cc4c2cc1OC)CN1C(=O)CC[C@H]1C3=O. The first-order valence-electron chi connectivity index (χ1n) is 9.20. The molecule has 1 fully saturated rings. The monoisotopic (exact) mass is 377 g/mol. The maximum atomic E-state index is 13.4. The molecule has 142 valence electrons. The zero-order valence-corrected chi connectivity index (χ0v) is 15.6. The number of hydrogen-bond donors (Lipinski definition) is 1. The second kappa shape index (κ2) is 5.86. The van der Waals surface area contributed by atoms with Crippen LogP contribution in [-0.4, -0.2) is 42.0 Å². The predicted molar refractivity (Wildman–Crippen MR) is 104 cm³/mol. The highest BCUT2D eigenvalue weighted by molar-refractivity contribution is 6.22. The third-order valence-corrected chi connectivity index (χ3v) is 5.92. The molecule has 0 spiro atoms. The number of rotatable bonds is 2. The Morgan fingerprint density at radius 1 is 0.964 bits per heavy atom. The smallest absolute Gasteiger partial charge is 0.223 e. The summed E-state index contributed by atoms with van der Waals surface area (Å²) in [6, 6.07) is 8.37. The second-order valence-electron chi connectivity index (χ2n) is 7.28. The van der Waals surface area contributed by atoms with Crippen LogP contribution in [0.1, 0.15) is 28.8 Å². The topological polar surface area (TPSA) is 76.1 Å². The molecule has 28 heavy (non-hydrogen) atoms. The molecule has 2 aliphatic heterocycles. The van der Waals surface area contributed by atoms with Gasteiger partial charge in [-0.2, -0.15) is 0 Å². The highest BCUT2D eigenvalue weighted by Crippen LogP contribution is 2.44. The number of Topliss-reactive ketones (excluding diaryl/α,β-unsaturated/α-hetero) is 1. The van der Waals surface area contributed by atoms with E-state index in [1.165, 1.54) is 0 Å². The fourth-order valence-electron chi connectivity index (χ4n) is 4.61. The van der Waals surface area contributed by atoms with Crippen LogP contribution in [0.5, 0.6) is 17.2 Å². The van der Waals surface area contributed by atoms with Crippen LogP contribution in [-0.2, 0) is 11.3 Å². The number of benzene rings is 3. The molecule has 0 aromatic heterocycles. The van der Waals surface area contributed by atoms with Gasteiger partial charge in [-0.3, -0.25) is 9.59 Å². The van der Waals surface area contributed by atoms with E-state index in [9.17, 15) is 14.7 Å². The summed E-state index contributed by atoms with van der Waals surface area (Å²) in [5.74, 6) is 1.22. The van der Waals surface area contributed by atoms with Gasteiger partial charge < -0.3 is 19.5 Å². The molecule has 1 amide bonds. The normalized spacial score (nSPS) is 18.5. The number of ether oxygens (including phenoxy) is 2. The summed E-state index contributed by atoms with van der Waals surface area (Å²) in [6.45, 7) is 0.399. The standard InChI is InChI=1S/C22H19NO5/c1-27-18-8-14-13-7-11(24)3-4-12(13)16-10-23-17(5-6-20(23)25)22(26)21(16)15(14)9-19(18)28-2/h3-4,7-9,17,24H,5-6,10H2,1-2H3/t17-/m0/s1. The zero-order valence-electron chi connectivity index (χ0n) is 15.6. The van der Waals surface area contributed by atoms with Gasteiger partial charge in [-0.05, 0) is 57.8 Å². The summed E-state index contributed by atoms with van der Waals surface area (Å²) >= 11 is 0. The van der Waals surface area contributed by atoms with E-state index in [0.29, 0.717) is 36.4 Å². The van der Waals surface area contributed by atoms with Crippen LogP contribution in [0.2, 0.25) is 0 Å². The number of fused-ring (bicyclic) bond motifs is 7. The van der Waals surface area contributed by atoms with Gasteiger partial charge in [-0.25, -0.2) is 0 Å². The Bertz CT molecular complexity index is 1180. The van der Waals surface area contributed by atoms with Crippen LogP contribution >= 0.6 is 0 Å². The van der Waals surface area contributed by atoms with Crippen LogP contribution in [0, 0.1) is 0 Å². The van der Waals surface area contributed by atoms with E-state index in [-0.39, 0.29) is 17.4 Å². The molecular formula is C22H19NO5. The Balaban J connectivity index is 1.94. The summed E-state index contributed by atoms with van der Waals surface area (Å²) in [5.41, 5.74) is 1.47. The maximum absolute atomic E-state index is 13.4. The van der Waals surface area contributed by atoms with Crippen LogP contribution in [0.25, 0.3) is 21.5 Å². The highest BCUT2D eigenvalue weighted by atomic mass is 16.5. The first-order chi connectivity index (χ1) is 13.5. The highest BCUT2D eigenvalue weighted by Gasteiger charge is 2.42. The third-order valence-electron chi connectivity index (χ3n) is 5.92. The van der Waals surface area contributed by atoms with Gasteiger partial charge in [0.2, 0.25) is 5.91 Å². The second-order valence-corrected chi connectivity index (χ2v) is 7.28. The van der Waals surface area contributed by atoms with Gasteiger partial charge in [0.1, 0.15) is 5.75 Å². The lowest BCUT2D eigenvalue weighted by Crippen LogP contribution is -2.42. The van der Waals surface area contributed by atoms with E-state index in [2.05, 4.69) is 0 Å². The van der Waals surface area contributed by atoms with Crippen molar-refractivity contribution in [3.63, 3.8) is 0 Å². The molecule has 2 aliphatic rings. The lowest BCUT2D eigenvalue weighted by atomic mass is 9.84. The number of carbonyl (C=O) groups excluding carboxylic acids is 2. The van der Waals surface area contributed by atoms with Gasteiger partial charge in [-0.1, -0.05) is 6.07 Å². The Kier molecular flexibility index (Phi) is 3.53. The van der Waals surface area contributed by atoms with E-state index >= 15 is 0 Å². The van der Waals surface area contributed by atoms with Crippen LogP contribution in [0.4, 0.5) is 0 Å². The molecule has 3 aromatic carbocycles. The molecule has 1 atom stereocenters. The van der Waals surface area contributed by atoms with Gasteiger partial charge in [0.25, 0.3) is 0 Å². The maximum Gasteiger partial charge on any atom is 0.223 e. The number of hydrogen-bond acceptors (Lipinski definition) is 5. The van der Waals surface area contributed by atoms with E-state index < -0.39 is 6.04 Å². The third kappa shape index (κ3) is 2.14. The van der Waals surface area contributed by atoms with Crippen molar-refractivity contribution in [3.05, 3.63) is 41.5 Å². The van der Waals surface area contributed by atoms with Gasteiger partial charge in [-0.15, -0.1) is 0 Å². The van der Waals surface area contributed by atoms with Crippen molar-refractivity contribution >= 4 is 33.2 Å². The number of methoxy groups -OCH3 is 2. The number of nitrogens with zero attached hydrogens (tertiary/aromatic N) is 1. The largest absolute Gasteiger partial charge is 0.508 e. The Morgan fingerprint density at radius 2 is 1.64 bits per heavy atom. The minimum absolute atomic E-state index is 0.0170. The van der Waals surface area contributed by atoms with Gasteiger partial charge >= 0.3 is 0 Å². The Morgan fingerprint density at radius 3 is 2.36 bits per heavy atom. The van der Waals surface area contributed by atoms with Gasteiger partial charge in [0, 0.05) is 18.5 Å². The molecular weight excluding hydrogens is 358 g/mol. The van der Waals surface area contributed by atoms with Crippen molar-refractivity contribution < 1.29 is 24.2 Å². The van der Waals surface area contributed by atoms with Crippen LogP contribution in [0.15, 0.2) is 30.3 Å².